The first kappa shape index (κ1) is 17.7. The first-order valence-corrected chi connectivity index (χ1v) is 9.43. The van der Waals surface area contributed by atoms with Crippen molar-refractivity contribution in [1.29, 1.82) is 0 Å². The van der Waals surface area contributed by atoms with Crippen molar-refractivity contribution >= 4 is 33.9 Å². The zero-order valence-electron chi connectivity index (χ0n) is 16.2. The highest BCUT2D eigenvalue weighted by atomic mass is 19.1. The second-order valence-corrected chi connectivity index (χ2v) is 7.04. The quantitative estimate of drug-likeness (QED) is 0.487. The van der Waals surface area contributed by atoms with Gasteiger partial charge >= 0.3 is 0 Å². The molecule has 5 rings (SSSR count). The van der Waals surface area contributed by atoms with Crippen LogP contribution in [0.25, 0.3) is 16.6 Å². The Morgan fingerprint density at radius 3 is 2.79 bits per heavy atom. The minimum absolute atomic E-state index is 0.292. The Hall–Kier alpha value is -3.40. The Morgan fingerprint density at radius 2 is 2.00 bits per heavy atom. The van der Waals surface area contributed by atoms with Gasteiger partial charge in [0, 0.05) is 50.7 Å². The lowest BCUT2D eigenvalue weighted by molar-refractivity contribution is 0.403. The van der Waals surface area contributed by atoms with Crippen LogP contribution in [-0.4, -0.2) is 57.9 Å². The summed E-state index contributed by atoms with van der Waals surface area (Å²) in [7, 11) is 1.58. The molecule has 5 heterocycles. The minimum Gasteiger partial charge on any atom is -0.480 e. The smallest absolute Gasteiger partial charge is 0.228 e. The second-order valence-electron chi connectivity index (χ2n) is 7.04. The molecule has 0 aromatic carbocycles. The molecule has 4 aromatic heterocycles. The highest BCUT2D eigenvalue weighted by Crippen LogP contribution is 2.34. The normalized spacial score (nSPS) is 14.7. The van der Waals surface area contributed by atoms with Crippen LogP contribution < -0.4 is 20.3 Å². The van der Waals surface area contributed by atoms with Crippen LogP contribution in [0.15, 0.2) is 24.5 Å². The van der Waals surface area contributed by atoms with Gasteiger partial charge in [-0.1, -0.05) is 0 Å². The maximum Gasteiger partial charge on any atom is 0.228 e. The number of imidazole rings is 1. The van der Waals surface area contributed by atoms with Gasteiger partial charge in [0.2, 0.25) is 5.88 Å². The largest absolute Gasteiger partial charge is 0.480 e. The fourth-order valence-electron chi connectivity index (χ4n) is 3.68. The number of aromatic amines is 1. The molecule has 0 spiro atoms. The molecule has 10 heteroatoms. The van der Waals surface area contributed by atoms with Gasteiger partial charge in [-0.25, -0.2) is 9.37 Å². The molecule has 1 saturated heterocycles. The van der Waals surface area contributed by atoms with Crippen molar-refractivity contribution in [3.63, 3.8) is 0 Å². The molecule has 9 nitrogen and oxygen atoms in total. The van der Waals surface area contributed by atoms with Crippen LogP contribution in [0.1, 0.15) is 5.69 Å². The van der Waals surface area contributed by atoms with Crippen LogP contribution in [0.5, 0.6) is 5.88 Å². The van der Waals surface area contributed by atoms with Gasteiger partial charge in [0.15, 0.2) is 17.3 Å². The number of aromatic nitrogens is 5. The summed E-state index contributed by atoms with van der Waals surface area (Å²) in [6.45, 7) is 5.42. The third-order valence-corrected chi connectivity index (χ3v) is 5.02. The van der Waals surface area contributed by atoms with E-state index in [9.17, 15) is 4.39 Å². The molecule has 4 aromatic rings. The number of hydrogen-bond donors (Lipinski definition) is 3. The average Bonchev–Trinajstić information content (AvgIpc) is 3.31. The summed E-state index contributed by atoms with van der Waals surface area (Å²) in [6.07, 6.45) is 3.54. The van der Waals surface area contributed by atoms with E-state index in [4.69, 9.17) is 4.74 Å². The standard InChI is InChI=1S/C19H21FN8O/c1-11-9-28-10-12(7-13(20)18(28)22-11)23-17-16-14(25-26-17)8-15(24-19(16)29-2)27-5-3-21-4-6-27/h7-10,21H,3-6H2,1-2H3,(H2,23,25,26). The van der Waals surface area contributed by atoms with Crippen molar-refractivity contribution in [2.75, 3.05) is 43.5 Å². The summed E-state index contributed by atoms with van der Waals surface area (Å²) < 4.78 is 21.6. The van der Waals surface area contributed by atoms with Crippen molar-refractivity contribution in [3.8, 4) is 5.88 Å². The van der Waals surface area contributed by atoms with E-state index in [0.29, 0.717) is 28.4 Å². The summed E-state index contributed by atoms with van der Waals surface area (Å²) in [5.74, 6) is 1.42. The van der Waals surface area contributed by atoms with Crippen molar-refractivity contribution < 1.29 is 9.13 Å². The number of aryl methyl sites for hydroxylation is 1. The number of ether oxygens (including phenoxy) is 1. The number of halogens is 1. The maximum atomic E-state index is 14.4. The van der Waals surface area contributed by atoms with Crippen molar-refractivity contribution in [3.05, 3.63) is 36.0 Å². The fourth-order valence-corrected chi connectivity index (χ4v) is 3.68. The molecule has 150 valence electrons. The molecule has 3 N–H and O–H groups in total. The highest BCUT2D eigenvalue weighted by molar-refractivity contribution is 5.96. The molecule has 0 radical (unpaired) electrons. The number of nitrogens with zero attached hydrogens (tertiary/aromatic N) is 5. The predicted octanol–water partition coefficient (Wildman–Crippen LogP) is 2.21. The molecule has 0 bridgehead atoms. The van der Waals surface area contributed by atoms with E-state index >= 15 is 0 Å². The number of anilines is 3. The first-order chi connectivity index (χ1) is 14.1. The Balaban J connectivity index is 1.53. The first-order valence-electron chi connectivity index (χ1n) is 9.43. The van der Waals surface area contributed by atoms with E-state index in [0.717, 1.165) is 43.2 Å². The van der Waals surface area contributed by atoms with E-state index in [2.05, 4.69) is 35.7 Å². The summed E-state index contributed by atoms with van der Waals surface area (Å²) >= 11 is 0. The Morgan fingerprint density at radius 1 is 1.17 bits per heavy atom. The fraction of sp³-hybridized carbons (Fsp3) is 0.316. The topological polar surface area (TPSA) is 95.4 Å². The number of nitrogens with one attached hydrogen (secondary N) is 3. The molecule has 1 fully saturated rings. The van der Waals surface area contributed by atoms with Crippen molar-refractivity contribution in [2.45, 2.75) is 6.92 Å². The van der Waals surface area contributed by atoms with E-state index in [-0.39, 0.29) is 0 Å². The van der Waals surface area contributed by atoms with Crippen molar-refractivity contribution in [1.82, 2.24) is 29.9 Å². The Kier molecular flexibility index (Phi) is 4.20. The summed E-state index contributed by atoms with van der Waals surface area (Å²) in [5, 5.41) is 14.6. The van der Waals surface area contributed by atoms with Gasteiger partial charge in [0.05, 0.1) is 24.0 Å². The third kappa shape index (κ3) is 3.11. The van der Waals surface area contributed by atoms with Crippen LogP contribution >= 0.6 is 0 Å². The Labute approximate surface area is 165 Å². The lowest BCUT2D eigenvalue weighted by atomic mass is 10.2. The molecule has 0 unspecified atom stereocenters. The molecule has 29 heavy (non-hydrogen) atoms. The molecule has 0 saturated carbocycles. The van der Waals surface area contributed by atoms with Gasteiger partial charge < -0.3 is 24.7 Å². The monoisotopic (exact) mass is 396 g/mol. The van der Waals surface area contributed by atoms with E-state index in [1.54, 1.807) is 23.9 Å². The SMILES string of the molecule is COc1nc(N2CCNCC2)cc2[nH]nc(Nc3cc(F)c4nc(C)cn4c3)c12. The van der Waals surface area contributed by atoms with Gasteiger partial charge in [-0.3, -0.25) is 5.10 Å². The van der Waals surface area contributed by atoms with Crippen LogP contribution in [0.4, 0.5) is 21.7 Å². The van der Waals surface area contributed by atoms with Gasteiger partial charge in [-0.15, -0.1) is 0 Å². The van der Waals surface area contributed by atoms with Gasteiger partial charge in [0.1, 0.15) is 11.2 Å². The van der Waals surface area contributed by atoms with Crippen molar-refractivity contribution in [2.24, 2.45) is 0 Å². The predicted molar refractivity (Wildman–Crippen MR) is 109 cm³/mol. The molecule has 0 aliphatic carbocycles. The highest BCUT2D eigenvalue weighted by Gasteiger charge is 2.19. The Bertz CT molecular complexity index is 1190. The van der Waals surface area contributed by atoms with Crippen LogP contribution in [0.3, 0.4) is 0 Å². The van der Waals surface area contributed by atoms with Gasteiger partial charge in [0.25, 0.3) is 0 Å². The van der Waals surface area contributed by atoms with E-state index in [1.807, 2.05) is 13.0 Å². The third-order valence-electron chi connectivity index (χ3n) is 5.02. The average molecular weight is 396 g/mol. The minimum atomic E-state index is -0.408. The number of hydrogen-bond acceptors (Lipinski definition) is 7. The van der Waals surface area contributed by atoms with E-state index in [1.165, 1.54) is 6.07 Å². The zero-order chi connectivity index (χ0) is 20.0. The van der Waals surface area contributed by atoms with Gasteiger partial charge in [-0.05, 0) is 6.92 Å². The summed E-state index contributed by atoms with van der Waals surface area (Å²) in [5.41, 5.74) is 2.39. The molecule has 0 atom stereocenters. The van der Waals surface area contributed by atoms with Crippen LogP contribution in [0.2, 0.25) is 0 Å². The molecular formula is C19H21FN8O. The molecule has 1 aliphatic heterocycles. The lowest BCUT2D eigenvalue weighted by Crippen LogP contribution is -2.43. The maximum absolute atomic E-state index is 14.4. The number of pyridine rings is 2. The summed E-state index contributed by atoms with van der Waals surface area (Å²) in [4.78, 5) is 11.1. The van der Waals surface area contributed by atoms with E-state index < -0.39 is 5.82 Å². The molecular weight excluding hydrogens is 375 g/mol. The number of H-pyrrole nitrogens is 1. The summed E-state index contributed by atoms with van der Waals surface area (Å²) in [6, 6.07) is 3.36. The second kappa shape index (κ2) is 6.89. The number of rotatable bonds is 4. The number of methoxy groups -OCH3 is 1. The zero-order valence-corrected chi connectivity index (χ0v) is 16.2. The molecule has 1 aliphatic rings. The number of piperazine rings is 1. The lowest BCUT2D eigenvalue weighted by Gasteiger charge is -2.28. The van der Waals surface area contributed by atoms with Crippen LogP contribution in [0, 0.1) is 12.7 Å². The van der Waals surface area contributed by atoms with Crippen LogP contribution in [-0.2, 0) is 0 Å². The number of fused-ring (bicyclic) bond motifs is 2. The molecule has 0 amide bonds. The van der Waals surface area contributed by atoms with Gasteiger partial charge in [-0.2, -0.15) is 10.1 Å².